The number of carbonyl (C=O) groups is 2. The third-order valence-corrected chi connectivity index (χ3v) is 8.43. The van der Waals surface area contributed by atoms with Crippen molar-refractivity contribution < 1.29 is 42.1 Å². The second-order valence-electron chi connectivity index (χ2n) is 12.2. The quantitative estimate of drug-likeness (QED) is 0.0921. The van der Waals surface area contributed by atoms with Gasteiger partial charge in [-0.15, -0.1) is 0 Å². The van der Waals surface area contributed by atoms with E-state index in [1.165, 1.54) is 12.1 Å². The average molecular weight is 687 g/mol. The summed E-state index contributed by atoms with van der Waals surface area (Å²) in [4.78, 5) is 46.9. The highest BCUT2D eigenvalue weighted by Gasteiger charge is 2.36. The van der Waals surface area contributed by atoms with Gasteiger partial charge >= 0.3 is 12.2 Å². The lowest BCUT2D eigenvalue weighted by atomic mass is 10.0. The van der Waals surface area contributed by atoms with Crippen molar-refractivity contribution in [2.75, 3.05) is 13.1 Å². The van der Waals surface area contributed by atoms with Crippen molar-refractivity contribution in [1.29, 1.82) is 0 Å². The molecule has 3 aromatic carbocycles. The van der Waals surface area contributed by atoms with Crippen LogP contribution >= 0.6 is 0 Å². The first-order valence-corrected chi connectivity index (χ1v) is 16.3. The number of nitro benzene ring substituents is 2. The molecule has 0 bridgehead atoms. The molecular formula is C32H38N4O11S. The molecule has 0 unspecified atom stereocenters. The first-order valence-electron chi connectivity index (χ1n) is 14.9. The van der Waals surface area contributed by atoms with Crippen LogP contribution in [0.25, 0.3) is 0 Å². The average Bonchev–Trinajstić information content (AvgIpc) is 2.99. The Morgan fingerprint density at radius 1 is 0.854 bits per heavy atom. The Kier molecular flexibility index (Phi) is 12.6. The monoisotopic (exact) mass is 686 g/mol. The Morgan fingerprint density at radius 3 is 1.90 bits per heavy atom. The van der Waals surface area contributed by atoms with Gasteiger partial charge in [-0.25, -0.2) is 18.0 Å². The van der Waals surface area contributed by atoms with Gasteiger partial charge in [-0.3, -0.25) is 20.2 Å². The van der Waals surface area contributed by atoms with Crippen molar-refractivity contribution in [3.63, 3.8) is 0 Å². The summed E-state index contributed by atoms with van der Waals surface area (Å²) < 4.78 is 45.4. The second-order valence-corrected chi connectivity index (χ2v) is 14.1. The van der Waals surface area contributed by atoms with E-state index in [4.69, 9.17) is 14.2 Å². The summed E-state index contributed by atoms with van der Waals surface area (Å²) in [5.41, 5.74) is -0.720. The van der Waals surface area contributed by atoms with Crippen molar-refractivity contribution in [3.8, 4) is 5.75 Å². The molecule has 15 nitrogen and oxygen atoms in total. The van der Waals surface area contributed by atoms with Gasteiger partial charge in [0.15, 0.2) is 0 Å². The van der Waals surface area contributed by atoms with E-state index in [2.05, 4.69) is 5.32 Å². The summed E-state index contributed by atoms with van der Waals surface area (Å²) >= 11 is 0. The van der Waals surface area contributed by atoms with E-state index in [9.17, 15) is 38.2 Å². The molecule has 16 heteroatoms. The SMILES string of the molecule is CC(C)CN(C[C@@H](OC(=O)Oc1ccc([N+](=O)[O-])cc1)[C@H](Cc1ccccc1)NC(=O)OC(C)(C)C)S(=O)(=O)c1ccc([N+](=O)[O-])cc1. The zero-order valence-corrected chi connectivity index (χ0v) is 27.9. The van der Waals surface area contributed by atoms with Crippen molar-refractivity contribution in [1.82, 2.24) is 9.62 Å². The molecule has 0 aromatic heterocycles. The molecular weight excluding hydrogens is 648 g/mol. The van der Waals surface area contributed by atoms with E-state index in [0.717, 1.165) is 40.7 Å². The highest BCUT2D eigenvalue weighted by atomic mass is 32.2. The molecule has 48 heavy (non-hydrogen) atoms. The molecule has 0 spiro atoms. The predicted octanol–water partition coefficient (Wildman–Crippen LogP) is 5.87. The van der Waals surface area contributed by atoms with Crippen LogP contribution in [0.3, 0.4) is 0 Å². The van der Waals surface area contributed by atoms with Crippen LogP contribution < -0.4 is 10.1 Å². The van der Waals surface area contributed by atoms with Gasteiger partial charge in [0, 0.05) is 30.8 Å². The molecule has 0 radical (unpaired) electrons. The molecule has 3 rings (SSSR count). The van der Waals surface area contributed by atoms with Crippen LogP contribution in [0, 0.1) is 26.1 Å². The standard InChI is InChI=1S/C32H38N4O11S/c1-22(2)20-34(48(43,44)27-17-13-25(14-18-27)36(41)42)21-29(46-31(38)45-26-15-11-24(12-16-26)35(39)40)28(19-23-9-7-6-8-10-23)33-30(37)47-32(3,4)5/h6-18,22,28-29H,19-21H2,1-5H3,(H,33,37)/t28-,29+/m0/s1. The Hall–Kier alpha value is -5.09. The van der Waals surface area contributed by atoms with E-state index in [0.29, 0.717) is 5.56 Å². The molecule has 3 aromatic rings. The summed E-state index contributed by atoms with van der Waals surface area (Å²) in [7, 11) is -4.33. The van der Waals surface area contributed by atoms with Crippen molar-refractivity contribution in [2.24, 2.45) is 5.92 Å². The molecule has 0 heterocycles. The lowest BCUT2D eigenvalue weighted by Crippen LogP contribution is -2.53. The van der Waals surface area contributed by atoms with Crippen LogP contribution in [-0.4, -0.2) is 65.7 Å². The number of amides is 1. The maximum atomic E-state index is 14.0. The number of benzene rings is 3. The number of alkyl carbamates (subject to hydrolysis) is 1. The molecule has 0 aliphatic carbocycles. The summed E-state index contributed by atoms with van der Waals surface area (Å²) in [6.45, 7) is 8.01. The van der Waals surface area contributed by atoms with Crippen LogP contribution in [0.5, 0.6) is 5.75 Å². The Morgan fingerprint density at radius 2 is 1.40 bits per heavy atom. The molecule has 0 aliphatic heterocycles. The van der Waals surface area contributed by atoms with Crippen LogP contribution in [0.1, 0.15) is 40.2 Å². The van der Waals surface area contributed by atoms with E-state index < -0.39 is 56.4 Å². The molecule has 0 aliphatic rings. The fourth-order valence-electron chi connectivity index (χ4n) is 4.50. The largest absolute Gasteiger partial charge is 0.514 e. The van der Waals surface area contributed by atoms with Gasteiger partial charge in [0.25, 0.3) is 11.4 Å². The number of non-ortho nitro benzene ring substituents is 2. The number of rotatable bonds is 14. The Balaban J connectivity index is 2.05. The third-order valence-electron chi connectivity index (χ3n) is 6.58. The van der Waals surface area contributed by atoms with Crippen LogP contribution in [0.15, 0.2) is 83.8 Å². The van der Waals surface area contributed by atoms with E-state index in [1.54, 1.807) is 65.0 Å². The number of sulfonamides is 1. The van der Waals surface area contributed by atoms with Crippen molar-refractivity contribution in [3.05, 3.63) is 105 Å². The maximum Gasteiger partial charge on any atom is 0.514 e. The third kappa shape index (κ3) is 11.3. The van der Waals surface area contributed by atoms with E-state index >= 15 is 0 Å². The zero-order chi connectivity index (χ0) is 35.6. The minimum Gasteiger partial charge on any atom is -0.444 e. The van der Waals surface area contributed by atoms with E-state index in [-0.39, 0.29) is 40.9 Å². The Labute approximate surface area is 278 Å². The van der Waals surface area contributed by atoms with E-state index in [1.807, 2.05) is 0 Å². The number of nitrogens with one attached hydrogen (secondary N) is 1. The van der Waals surface area contributed by atoms with Gasteiger partial charge in [0.2, 0.25) is 10.0 Å². The number of hydrogen-bond donors (Lipinski definition) is 1. The molecule has 2 atom stereocenters. The Bertz CT molecular complexity index is 1680. The lowest BCUT2D eigenvalue weighted by Gasteiger charge is -2.33. The van der Waals surface area contributed by atoms with Crippen LogP contribution in [0.2, 0.25) is 0 Å². The van der Waals surface area contributed by atoms with Gasteiger partial charge < -0.3 is 19.5 Å². The number of nitrogens with zero attached hydrogens (tertiary/aromatic N) is 3. The molecule has 0 saturated heterocycles. The van der Waals surface area contributed by atoms with Crippen molar-refractivity contribution >= 4 is 33.6 Å². The lowest BCUT2D eigenvalue weighted by molar-refractivity contribution is -0.385. The normalized spacial score (nSPS) is 13.0. The second kappa shape index (κ2) is 16.1. The molecule has 258 valence electrons. The van der Waals surface area contributed by atoms with Gasteiger partial charge in [-0.05, 0) is 62.9 Å². The van der Waals surface area contributed by atoms with Crippen LogP contribution in [-0.2, 0) is 25.9 Å². The summed E-state index contributed by atoms with van der Waals surface area (Å²) in [6, 6.07) is 16.8. The van der Waals surface area contributed by atoms with Crippen LogP contribution in [0.4, 0.5) is 21.0 Å². The molecule has 1 N–H and O–H groups in total. The van der Waals surface area contributed by atoms with Gasteiger partial charge in [0.1, 0.15) is 17.5 Å². The number of hydrogen-bond acceptors (Lipinski definition) is 11. The summed E-state index contributed by atoms with van der Waals surface area (Å²) in [6.07, 6.45) is -3.43. The summed E-state index contributed by atoms with van der Waals surface area (Å²) in [5, 5.41) is 24.9. The molecule has 0 fully saturated rings. The first-order chi connectivity index (χ1) is 22.4. The summed E-state index contributed by atoms with van der Waals surface area (Å²) in [5.74, 6) is -0.307. The highest BCUT2D eigenvalue weighted by molar-refractivity contribution is 7.89. The fraction of sp³-hybridized carbons (Fsp3) is 0.375. The smallest absolute Gasteiger partial charge is 0.444 e. The minimum absolute atomic E-state index is 0.0545. The topological polar surface area (TPSA) is 198 Å². The van der Waals surface area contributed by atoms with Crippen molar-refractivity contribution in [2.45, 2.75) is 63.7 Å². The molecule has 0 saturated carbocycles. The zero-order valence-electron chi connectivity index (χ0n) is 27.1. The number of carbonyl (C=O) groups excluding carboxylic acids is 2. The maximum absolute atomic E-state index is 14.0. The number of ether oxygens (including phenoxy) is 3. The van der Waals surface area contributed by atoms with Gasteiger partial charge in [0.05, 0.1) is 27.3 Å². The molecule has 1 amide bonds. The predicted molar refractivity (Wildman–Crippen MR) is 174 cm³/mol. The van der Waals surface area contributed by atoms with Gasteiger partial charge in [-0.1, -0.05) is 44.2 Å². The first kappa shape index (κ1) is 37.4. The fourth-order valence-corrected chi connectivity index (χ4v) is 6.11. The highest BCUT2D eigenvalue weighted by Crippen LogP contribution is 2.24. The minimum atomic E-state index is -4.33. The van der Waals surface area contributed by atoms with Gasteiger partial charge in [-0.2, -0.15) is 4.31 Å². The number of nitro groups is 2.